The standard InChI is InChI=1S/C17H20N2O5/c1-8-12-11(23-2)7-10(20)13(16(18)21)15(12)24-14(8)17(22)19-9-5-3-4-6-9/h7,9,20H,3-6H2,1-2H3,(H2,18,21)(H,19,22). The maximum Gasteiger partial charge on any atom is 0.287 e. The highest BCUT2D eigenvalue weighted by molar-refractivity contribution is 6.11. The quantitative estimate of drug-likeness (QED) is 0.794. The number of furan rings is 1. The van der Waals surface area contributed by atoms with Gasteiger partial charge >= 0.3 is 0 Å². The maximum absolute atomic E-state index is 12.5. The molecular weight excluding hydrogens is 312 g/mol. The normalized spacial score (nSPS) is 14.9. The number of rotatable bonds is 4. The van der Waals surface area contributed by atoms with Crippen LogP contribution in [0.2, 0.25) is 0 Å². The second-order valence-corrected chi connectivity index (χ2v) is 6.05. The van der Waals surface area contributed by atoms with Crippen molar-refractivity contribution in [2.75, 3.05) is 7.11 Å². The molecule has 7 heteroatoms. The molecule has 1 aliphatic rings. The SMILES string of the molecule is COc1cc(O)c(C(N)=O)c2oc(C(=O)NC3CCCC3)c(C)c12. The Labute approximate surface area is 138 Å². The maximum atomic E-state index is 12.5. The number of benzene rings is 1. The molecule has 24 heavy (non-hydrogen) atoms. The molecule has 0 spiro atoms. The van der Waals surface area contributed by atoms with Gasteiger partial charge < -0.3 is 25.3 Å². The summed E-state index contributed by atoms with van der Waals surface area (Å²) in [6.45, 7) is 1.71. The third kappa shape index (κ3) is 2.55. The summed E-state index contributed by atoms with van der Waals surface area (Å²) in [6, 6.07) is 1.43. The number of primary amides is 1. The largest absolute Gasteiger partial charge is 0.507 e. The van der Waals surface area contributed by atoms with Crippen molar-refractivity contribution in [2.24, 2.45) is 5.73 Å². The molecule has 0 bridgehead atoms. The molecule has 7 nitrogen and oxygen atoms in total. The van der Waals surface area contributed by atoms with Gasteiger partial charge in [-0.15, -0.1) is 0 Å². The molecule has 1 aromatic carbocycles. The number of aromatic hydroxyl groups is 1. The van der Waals surface area contributed by atoms with E-state index in [4.69, 9.17) is 14.9 Å². The number of hydrogen-bond donors (Lipinski definition) is 3. The Hall–Kier alpha value is -2.70. The van der Waals surface area contributed by atoms with E-state index in [9.17, 15) is 14.7 Å². The molecular formula is C17H20N2O5. The lowest BCUT2D eigenvalue weighted by Crippen LogP contribution is -2.32. The highest BCUT2D eigenvalue weighted by atomic mass is 16.5. The Morgan fingerprint density at radius 2 is 2.04 bits per heavy atom. The number of ether oxygens (including phenoxy) is 1. The number of amides is 2. The van der Waals surface area contributed by atoms with Crippen LogP contribution in [0.15, 0.2) is 10.5 Å². The van der Waals surface area contributed by atoms with Crippen molar-refractivity contribution in [1.29, 1.82) is 0 Å². The molecule has 0 radical (unpaired) electrons. The van der Waals surface area contributed by atoms with E-state index in [1.54, 1.807) is 6.92 Å². The zero-order valence-corrected chi connectivity index (χ0v) is 13.6. The molecule has 2 amide bonds. The first kappa shape index (κ1) is 16.2. The van der Waals surface area contributed by atoms with Gasteiger partial charge in [0, 0.05) is 17.7 Å². The zero-order chi connectivity index (χ0) is 17.4. The third-order valence-corrected chi connectivity index (χ3v) is 4.51. The molecule has 0 atom stereocenters. The van der Waals surface area contributed by atoms with Crippen molar-refractivity contribution in [2.45, 2.75) is 38.6 Å². The van der Waals surface area contributed by atoms with E-state index >= 15 is 0 Å². The third-order valence-electron chi connectivity index (χ3n) is 4.51. The van der Waals surface area contributed by atoms with Crippen molar-refractivity contribution in [3.05, 3.63) is 23.0 Å². The summed E-state index contributed by atoms with van der Waals surface area (Å²) in [5, 5.41) is 13.4. The first-order chi connectivity index (χ1) is 11.4. The summed E-state index contributed by atoms with van der Waals surface area (Å²) in [7, 11) is 1.43. The van der Waals surface area contributed by atoms with E-state index < -0.39 is 5.91 Å². The van der Waals surface area contributed by atoms with Crippen LogP contribution in [-0.2, 0) is 0 Å². The van der Waals surface area contributed by atoms with Gasteiger partial charge in [0.2, 0.25) is 0 Å². The van der Waals surface area contributed by atoms with Crippen molar-refractivity contribution >= 4 is 22.8 Å². The Bertz CT molecular complexity index is 818. The van der Waals surface area contributed by atoms with Crippen LogP contribution in [0.25, 0.3) is 11.0 Å². The minimum absolute atomic E-state index is 0.0634. The number of fused-ring (bicyclic) bond motifs is 1. The summed E-state index contributed by atoms with van der Waals surface area (Å²) in [6.07, 6.45) is 4.08. The lowest BCUT2D eigenvalue weighted by atomic mass is 10.1. The van der Waals surface area contributed by atoms with E-state index in [2.05, 4.69) is 5.32 Å². The topological polar surface area (TPSA) is 115 Å². The molecule has 128 valence electrons. The molecule has 1 saturated carbocycles. The average molecular weight is 332 g/mol. The van der Waals surface area contributed by atoms with Crippen molar-refractivity contribution in [3.8, 4) is 11.5 Å². The monoisotopic (exact) mass is 332 g/mol. The average Bonchev–Trinajstić information content (AvgIpc) is 3.14. The number of nitrogens with two attached hydrogens (primary N) is 1. The molecule has 0 saturated heterocycles. The summed E-state index contributed by atoms with van der Waals surface area (Å²) >= 11 is 0. The van der Waals surface area contributed by atoms with Crippen molar-refractivity contribution in [1.82, 2.24) is 5.32 Å². The first-order valence-corrected chi connectivity index (χ1v) is 7.87. The minimum atomic E-state index is -0.836. The Kier molecular flexibility index (Phi) is 4.09. The molecule has 1 aromatic heterocycles. The first-order valence-electron chi connectivity index (χ1n) is 7.87. The van der Waals surface area contributed by atoms with E-state index in [1.165, 1.54) is 13.2 Å². The van der Waals surface area contributed by atoms with Crippen LogP contribution >= 0.6 is 0 Å². The number of carbonyl (C=O) groups is 2. The van der Waals surface area contributed by atoms with Gasteiger partial charge in [0.05, 0.1) is 12.5 Å². The van der Waals surface area contributed by atoms with E-state index in [-0.39, 0.29) is 34.6 Å². The number of methoxy groups -OCH3 is 1. The van der Waals surface area contributed by atoms with Crippen molar-refractivity contribution < 1.29 is 23.8 Å². The van der Waals surface area contributed by atoms with Crippen LogP contribution < -0.4 is 15.8 Å². The van der Waals surface area contributed by atoms with Gasteiger partial charge in [-0.3, -0.25) is 9.59 Å². The second kappa shape index (κ2) is 6.07. The fourth-order valence-corrected chi connectivity index (χ4v) is 3.31. The van der Waals surface area contributed by atoms with Gasteiger partial charge in [-0.05, 0) is 19.8 Å². The molecule has 1 heterocycles. The molecule has 0 aliphatic heterocycles. The minimum Gasteiger partial charge on any atom is -0.507 e. The molecule has 1 aliphatic carbocycles. The smallest absolute Gasteiger partial charge is 0.287 e. The van der Waals surface area contributed by atoms with Crippen LogP contribution in [0.5, 0.6) is 11.5 Å². The molecule has 0 unspecified atom stereocenters. The Balaban J connectivity index is 2.13. The van der Waals surface area contributed by atoms with Crippen LogP contribution in [0.3, 0.4) is 0 Å². The lowest BCUT2D eigenvalue weighted by Gasteiger charge is -2.10. The number of phenols is 1. The number of hydrogen-bond acceptors (Lipinski definition) is 5. The van der Waals surface area contributed by atoms with Gasteiger partial charge in [0.15, 0.2) is 11.3 Å². The highest BCUT2D eigenvalue weighted by Crippen LogP contribution is 2.40. The summed E-state index contributed by atoms with van der Waals surface area (Å²) in [5.41, 5.74) is 5.79. The van der Waals surface area contributed by atoms with Gasteiger partial charge in [-0.25, -0.2) is 0 Å². The highest BCUT2D eigenvalue weighted by Gasteiger charge is 2.28. The van der Waals surface area contributed by atoms with Crippen molar-refractivity contribution in [3.63, 3.8) is 0 Å². The Morgan fingerprint density at radius 1 is 1.38 bits per heavy atom. The van der Waals surface area contributed by atoms with E-state index in [0.29, 0.717) is 16.7 Å². The molecule has 2 aromatic rings. The predicted octanol–water partition coefficient (Wildman–Crippen LogP) is 2.23. The number of aryl methyl sites for hydroxylation is 1. The van der Waals surface area contributed by atoms with Crippen LogP contribution in [0.1, 0.15) is 52.2 Å². The predicted molar refractivity (Wildman–Crippen MR) is 87.4 cm³/mol. The summed E-state index contributed by atoms with van der Waals surface area (Å²) < 4.78 is 10.9. The molecule has 4 N–H and O–H groups in total. The fourth-order valence-electron chi connectivity index (χ4n) is 3.31. The Morgan fingerprint density at radius 3 is 2.62 bits per heavy atom. The number of nitrogens with one attached hydrogen (secondary N) is 1. The van der Waals surface area contributed by atoms with Crippen LogP contribution in [0.4, 0.5) is 0 Å². The number of carbonyl (C=O) groups excluding carboxylic acids is 2. The second-order valence-electron chi connectivity index (χ2n) is 6.05. The van der Waals surface area contributed by atoms with Crippen LogP contribution in [0, 0.1) is 6.92 Å². The summed E-state index contributed by atoms with van der Waals surface area (Å²) in [4.78, 5) is 24.2. The van der Waals surface area contributed by atoms with Gasteiger partial charge in [-0.2, -0.15) is 0 Å². The molecule has 3 rings (SSSR count). The van der Waals surface area contributed by atoms with Crippen LogP contribution in [-0.4, -0.2) is 30.1 Å². The van der Waals surface area contributed by atoms with Gasteiger partial charge in [0.1, 0.15) is 17.1 Å². The van der Waals surface area contributed by atoms with E-state index in [1.807, 2.05) is 0 Å². The fraction of sp³-hybridized carbons (Fsp3) is 0.412. The van der Waals surface area contributed by atoms with E-state index in [0.717, 1.165) is 25.7 Å². The van der Waals surface area contributed by atoms with Gasteiger partial charge in [-0.1, -0.05) is 12.8 Å². The van der Waals surface area contributed by atoms with Gasteiger partial charge in [0.25, 0.3) is 11.8 Å². The molecule has 1 fully saturated rings. The lowest BCUT2D eigenvalue weighted by molar-refractivity contribution is 0.0908. The zero-order valence-electron chi connectivity index (χ0n) is 13.6. The summed E-state index contributed by atoms with van der Waals surface area (Å²) in [5.74, 6) is -1.11.